The van der Waals surface area contributed by atoms with Crippen molar-refractivity contribution < 1.29 is 9.63 Å². The number of hydrogen-bond donors (Lipinski definition) is 1. The molecule has 8 heteroatoms. The van der Waals surface area contributed by atoms with E-state index < -0.39 is 11.2 Å². The second-order valence-corrected chi connectivity index (χ2v) is 5.11. The number of amides is 1. The van der Waals surface area contributed by atoms with Crippen molar-refractivity contribution in [3.63, 3.8) is 0 Å². The van der Waals surface area contributed by atoms with E-state index in [-0.39, 0.29) is 16.9 Å². The van der Waals surface area contributed by atoms with Gasteiger partial charge in [0.15, 0.2) is 0 Å². The molecule has 0 saturated carbocycles. The molecule has 104 valence electrons. The van der Waals surface area contributed by atoms with Crippen molar-refractivity contribution >= 4 is 21.8 Å². The molecular formula is C11H14BrN3O4. The summed E-state index contributed by atoms with van der Waals surface area (Å²) in [6.07, 6.45) is 4.13. The fourth-order valence-electron chi connectivity index (χ4n) is 1.79. The van der Waals surface area contributed by atoms with Crippen LogP contribution in [0.4, 0.5) is 0 Å². The maximum atomic E-state index is 12.0. The van der Waals surface area contributed by atoms with Gasteiger partial charge in [-0.25, -0.2) is 9.86 Å². The zero-order chi connectivity index (χ0) is 13.8. The van der Waals surface area contributed by atoms with Crippen LogP contribution in [0.1, 0.15) is 19.3 Å². The summed E-state index contributed by atoms with van der Waals surface area (Å²) in [6.45, 7) is 0.877. The molecular weight excluding hydrogens is 318 g/mol. The van der Waals surface area contributed by atoms with E-state index in [1.165, 1.54) is 11.3 Å². The Morgan fingerprint density at radius 2 is 2.16 bits per heavy atom. The van der Waals surface area contributed by atoms with Crippen LogP contribution < -0.4 is 11.2 Å². The third-order valence-corrected chi connectivity index (χ3v) is 3.37. The molecule has 1 saturated heterocycles. The van der Waals surface area contributed by atoms with Crippen molar-refractivity contribution in [2.24, 2.45) is 0 Å². The van der Waals surface area contributed by atoms with Gasteiger partial charge in [0, 0.05) is 12.7 Å². The van der Waals surface area contributed by atoms with Gasteiger partial charge in [0.2, 0.25) is 0 Å². The van der Waals surface area contributed by atoms with Gasteiger partial charge in [-0.3, -0.25) is 24.0 Å². The molecule has 0 bridgehead atoms. The van der Waals surface area contributed by atoms with Crippen molar-refractivity contribution in [3.8, 4) is 0 Å². The maximum absolute atomic E-state index is 12.0. The molecule has 1 fully saturated rings. The number of H-pyrrole nitrogens is 1. The number of carbonyl (C=O) groups is 1. The van der Waals surface area contributed by atoms with Gasteiger partial charge in [0.1, 0.15) is 6.54 Å². The highest BCUT2D eigenvalue weighted by Gasteiger charge is 2.17. The predicted octanol–water partition coefficient (Wildman–Crippen LogP) is 0.243. The lowest BCUT2D eigenvalue weighted by atomic mass is 10.2. The SMILES string of the molecule is O=C(Cn1cc(Br)c(=O)[nH]c1=O)N1CCCCCO1. The average Bonchev–Trinajstić information content (AvgIpc) is 2.64. The van der Waals surface area contributed by atoms with Gasteiger partial charge < -0.3 is 0 Å². The zero-order valence-electron chi connectivity index (χ0n) is 10.2. The van der Waals surface area contributed by atoms with Crippen LogP contribution in [0.5, 0.6) is 0 Å². The van der Waals surface area contributed by atoms with Crippen molar-refractivity contribution in [2.45, 2.75) is 25.8 Å². The molecule has 1 N–H and O–H groups in total. The number of nitrogens with zero attached hydrogens (tertiary/aromatic N) is 2. The number of hydroxylamine groups is 2. The lowest BCUT2D eigenvalue weighted by Crippen LogP contribution is -2.38. The highest BCUT2D eigenvalue weighted by atomic mass is 79.9. The van der Waals surface area contributed by atoms with Crippen molar-refractivity contribution in [1.82, 2.24) is 14.6 Å². The highest BCUT2D eigenvalue weighted by Crippen LogP contribution is 2.08. The molecule has 7 nitrogen and oxygen atoms in total. The average molecular weight is 332 g/mol. The third kappa shape index (κ3) is 3.54. The molecule has 2 heterocycles. The summed E-state index contributed by atoms with van der Waals surface area (Å²) >= 11 is 3.02. The summed E-state index contributed by atoms with van der Waals surface area (Å²) in [5.41, 5.74) is -1.13. The standard InChI is InChI=1S/C11H14BrN3O4/c12-8-6-14(11(18)13-10(8)17)7-9(16)15-4-2-1-3-5-19-15/h6H,1-5,7H2,(H,13,17,18). The Hall–Kier alpha value is -1.41. The number of aromatic amines is 1. The van der Waals surface area contributed by atoms with E-state index in [1.807, 2.05) is 0 Å². The number of aromatic nitrogens is 2. The van der Waals surface area contributed by atoms with Gasteiger partial charge in [-0.2, -0.15) is 0 Å². The fourth-order valence-corrected chi connectivity index (χ4v) is 2.14. The molecule has 0 aliphatic carbocycles. The Morgan fingerprint density at radius 1 is 1.37 bits per heavy atom. The third-order valence-electron chi connectivity index (χ3n) is 2.80. The zero-order valence-corrected chi connectivity index (χ0v) is 11.8. The summed E-state index contributed by atoms with van der Waals surface area (Å²) in [5.74, 6) is -0.303. The topological polar surface area (TPSA) is 84.4 Å². The maximum Gasteiger partial charge on any atom is 0.328 e. The van der Waals surface area contributed by atoms with Crippen molar-refractivity contribution in [1.29, 1.82) is 0 Å². The van der Waals surface area contributed by atoms with Gasteiger partial charge in [-0.05, 0) is 35.2 Å². The van der Waals surface area contributed by atoms with E-state index in [1.54, 1.807) is 0 Å². The predicted molar refractivity (Wildman–Crippen MR) is 70.5 cm³/mol. The first-order valence-electron chi connectivity index (χ1n) is 6.00. The minimum Gasteiger partial charge on any atom is -0.290 e. The molecule has 1 aromatic heterocycles. The lowest BCUT2D eigenvalue weighted by Gasteiger charge is -2.19. The summed E-state index contributed by atoms with van der Waals surface area (Å²) in [7, 11) is 0. The summed E-state index contributed by atoms with van der Waals surface area (Å²) < 4.78 is 1.35. The van der Waals surface area contributed by atoms with Crippen LogP contribution in [-0.2, 0) is 16.2 Å². The van der Waals surface area contributed by atoms with Crippen LogP contribution in [-0.4, -0.2) is 33.7 Å². The van der Waals surface area contributed by atoms with Gasteiger partial charge in [0.05, 0.1) is 11.1 Å². The highest BCUT2D eigenvalue weighted by molar-refractivity contribution is 9.10. The van der Waals surface area contributed by atoms with Crippen LogP contribution in [0, 0.1) is 0 Å². The van der Waals surface area contributed by atoms with Crippen LogP contribution in [0.25, 0.3) is 0 Å². The monoisotopic (exact) mass is 331 g/mol. The van der Waals surface area contributed by atoms with Gasteiger partial charge >= 0.3 is 5.69 Å². The van der Waals surface area contributed by atoms with Crippen molar-refractivity contribution in [3.05, 3.63) is 31.5 Å². The van der Waals surface area contributed by atoms with Crippen LogP contribution in [0.15, 0.2) is 20.3 Å². The van der Waals surface area contributed by atoms with Crippen molar-refractivity contribution in [2.75, 3.05) is 13.2 Å². The minimum atomic E-state index is -0.614. The summed E-state index contributed by atoms with van der Waals surface area (Å²) in [6, 6.07) is 0. The van der Waals surface area contributed by atoms with Gasteiger partial charge in [0.25, 0.3) is 11.5 Å². The second-order valence-electron chi connectivity index (χ2n) is 4.25. The normalized spacial score (nSPS) is 16.2. The smallest absolute Gasteiger partial charge is 0.290 e. The largest absolute Gasteiger partial charge is 0.328 e. The van der Waals surface area contributed by atoms with E-state index in [0.29, 0.717) is 13.2 Å². The Bertz CT molecular complexity index is 572. The Morgan fingerprint density at radius 3 is 2.95 bits per heavy atom. The molecule has 1 amide bonds. The molecule has 1 aromatic rings. The lowest BCUT2D eigenvalue weighted by molar-refractivity contribution is -0.184. The van der Waals surface area contributed by atoms with E-state index in [4.69, 9.17) is 4.84 Å². The molecule has 0 atom stereocenters. The van der Waals surface area contributed by atoms with Gasteiger partial charge in [-0.15, -0.1) is 0 Å². The first kappa shape index (κ1) is 14.0. The second kappa shape index (κ2) is 6.16. The molecule has 0 radical (unpaired) electrons. The molecule has 0 unspecified atom stereocenters. The molecule has 2 rings (SSSR count). The minimum absolute atomic E-state index is 0.159. The fraction of sp³-hybridized carbons (Fsp3) is 0.545. The molecule has 19 heavy (non-hydrogen) atoms. The number of carbonyl (C=O) groups excluding carboxylic acids is 1. The van der Waals surface area contributed by atoms with Crippen LogP contribution >= 0.6 is 15.9 Å². The van der Waals surface area contributed by atoms with Crippen LogP contribution in [0.3, 0.4) is 0 Å². The van der Waals surface area contributed by atoms with E-state index >= 15 is 0 Å². The van der Waals surface area contributed by atoms with E-state index in [2.05, 4.69) is 20.9 Å². The molecule has 0 spiro atoms. The number of hydrogen-bond acceptors (Lipinski definition) is 4. The Labute approximate surface area is 117 Å². The van der Waals surface area contributed by atoms with Gasteiger partial charge in [-0.1, -0.05) is 0 Å². The number of nitrogens with one attached hydrogen (secondary N) is 1. The molecule has 1 aliphatic rings. The first-order valence-corrected chi connectivity index (χ1v) is 6.80. The molecule has 1 aliphatic heterocycles. The Balaban J connectivity index is 2.12. The quantitative estimate of drug-likeness (QED) is 0.841. The number of rotatable bonds is 2. The summed E-state index contributed by atoms with van der Waals surface area (Å²) in [5, 5.41) is 1.29. The Kier molecular flexibility index (Phi) is 4.54. The first-order chi connectivity index (χ1) is 9.08. The number of halogens is 1. The van der Waals surface area contributed by atoms with E-state index in [0.717, 1.165) is 23.8 Å². The molecule has 0 aromatic carbocycles. The summed E-state index contributed by atoms with van der Waals surface area (Å²) in [4.78, 5) is 42.2. The van der Waals surface area contributed by atoms with Crippen LogP contribution in [0.2, 0.25) is 0 Å². The van der Waals surface area contributed by atoms with E-state index in [9.17, 15) is 14.4 Å².